The zero-order valence-corrected chi connectivity index (χ0v) is 13.1. The van der Waals surface area contributed by atoms with Crippen molar-refractivity contribution in [2.45, 2.75) is 37.7 Å². The fourth-order valence-electron chi connectivity index (χ4n) is 3.29. The number of rotatable bonds is 4. The van der Waals surface area contributed by atoms with E-state index in [2.05, 4.69) is 18.7 Å². The molecule has 4 heteroatoms. The van der Waals surface area contributed by atoms with Crippen molar-refractivity contribution >= 4 is 11.8 Å². The molecule has 0 aromatic heterocycles. The molecular formula is C18H23NO3. The summed E-state index contributed by atoms with van der Waals surface area (Å²) in [5.41, 5.74) is 3.63. The molecule has 2 fully saturated rings. The third kappa shape index (κ3) is 3.17. The molecule has 1 aromatic carbocycles. The molecule has 3 rings (SSSR count). The molecule has 1 amide bonds. The largest absolute Gasteiger partial charge is 0.441 e. The predicted octanol–water partition coefficient (Wildman–Crippen LogP) is 3.87. The Morgan fingerprint density at radius 1 is 1.27 bits per heavy atom. The topological polar surface area (TPSA) is 38.8 Å². The van der Waals surface area contributed by atoms with E-state index in [1.54, 1.807) is 12.0 Å². The summed E-state index contributed by atoms with van der Waals surface area (Å²) in [6.45, 7) is 5.06. The summed E-state index contributed by atoms with van der Waals surface area (Å²) in [6.07, 6.45) is 4.15. The predicted molar refractivity (Wildman–Crippen MR) is 86.3 cm³/mol. The van der Waals surface area contributed by atoms with E-state index in [9.17, 15) is 4.79 Å². The van der Waals surface area contributed by atoms with Gasteiger partial charge >= 0.3 is 6.09 Å². The molecule has 4 nitrogen and oxygen atoms in total. The summed E-state index contributed by atoms with van der Waals surface area (Å²) in [7, 11) is 1.62. The van der Waals surface area contributed by atoms with Crippen LogP contribution in [0.15, 0.2) is 36.4 Å². The minimum Gasteiger partial charge on any atom is -0.441 e. The summed E-state index contributed by atoms with van der Waals surface area (Å²) in [5, 5.41) is 0. The molecule has 0 spiro atoms. The van der Waals surface area contributed by atoms with Gasteiger partial charge in [0.1, 0.15) is 6.10 Å². The molecule has 2 aliphatic rings. The van der Waals surface area contributed by atoms with Gasteiger partial charge < -0.3 is 9.47 Å². The molecule has 22 heavy (non-hydrogen) atoms. The van der Waals surface area contributed by atoms with Crippen molar-refractivity contribution in [1.82, 2.24) is 0 Å². The Morgan fingerprint density at radius 2 is 1.95 bits per heavy atom. The number of hydrogen-bond donors (Lipinski definition) is 0. The van der Waals surface area contributed by atoms with Gasteiger partial charge in [0, 0.05) is 12.8 Å². The van der Waals surface area contributed by atoms with Crippen LogP contribution in [0, 0.1) is 0 Å². The van der Waals surface area contributed by atoms with Gasteiger partial charge in [-0.1, -0.05) is 24.3 Å². The molecule has 1 saturated heterocycles. The molecule has 118 valence electrons. The first kappa shape index (κ1) is 15.1. The number of hydrogen-bond acceptors (Lipinski definition) is 3. The van der Waals surface area contributed by atoms with Gasteiger partial charge in [-0.15, -0.1) is 0 Å². The zero-order chi connectivity index (χ0) is 15.5. The maximum absolute atomic E-state index is 11.9. The maximum Gasteiger partial charge on any atom is 0.414 e. The van der Waals surface area contributed by atoms with Gasteiger partial charge in [-0.25, -0.2) is 4.79 Å². The van der Waals surface area contributed by atoms with E-state index in [-0.39, 0.29) is 12.2 Å². The Kier molecular flexibility index (Phi) is 4.48. The van der Waals surface area contributed by atoms with Gasteiger partial charge in [-0.05, 0) is 49.3 Å². The molecule has 1 aliphatic carbocycles. The molecule has 0 bridgehead atoms. The molecular weight excluding hydrogens is 278 g/mol. The smallest absolute Gasteiger partial charge is 0.414 e. The van der Waals surface area contributed by atoms with Crippen molar-refractivity contribution in [2.75, 3.05) is 25.2 Å². The Labute approximate surface area is 131 Å². The van der Waals surface area contributed by atoms with Crippen LogP contribution in [0.1, 0.15) is 37.2 Å². The number of carbonyl (C=O) groups is 1. The third-order valence-electron chi connectivity index (χ3n) is 4.60. The number of anilines is 1. The Bertz CT molecular complexity index is 542. The molecule has 0 N–H and O–H groups in total. The van der Waals surface area contributed by atoms with E-state index in [4.69, 9.17) is 9.47 Å². The summed E-state index contributed by atoms with van der Waals surface area (Å²) >= 11 is 0. The van der Waals surface area contributed by atoms with Crippen molar-refractivity contribution in [1.29, 1.82) is 0 Å². The average Bonchev–Trinajstić information content (AvgIpc) is 2.89. The number of carbonyl (C=O) groups excluding carboxylic acids is 1. The highest BCUT2D eigenvalue weighted by molar-refractivity contribution is 5.89. The molecule has 0 radical (unpaired) electrons. The number of ether oxygens (including phenoxy) is 2. The number of amides is 1. The Hall–Kier alpha value is -1.81. The number of allylic oxidation sites excluding steroid dienone is 1. The van der Waals surface area contributed by atoms with Crippen LogP contribution in [0.5, 0.6) is 0 Å². The monoisotopic (exact) mass is 301 g/mol. The standard InChI is InChI=1S/C18H23NO3/c1-13-3-5-14(6-4-13)15-7-9-16(10-8-15)19-11-17(12-21-2)22-18(19)20/h7-10,14,17H,1,3-6,11-12H2,2H3. The molecule has 1 atom stereocenters. The van der Waals surface area contributed by atoms with Crippen LogP contribution in [-0.4, -0.2) is 32.5 Å². The van der Waals surface area contributed by atoms with E-state index >= 15 is 0 Å². The van der Waals surface area contributed by atoms with Crippen molar-refractivity contribution in [3.05, 3.63) is 42.0 Å². The lowest BCUT2D eigenvalue weighted by atomic mass is 9.82. The lowest BCUT2D eigenvalue weighted by molar-refractivity contribution is 0.0718. The van der Waals surface area contributed by atoms with Crippen molar-refractivity contribution in [3.63, 3.8) is 0 Å². The van der Waals surface area contributed by atoms with Gasteiger partial charge in [0.15, 0.2) is 0 Å². The highest BCUT2D eigenvalue weighted by atomic mass is 16.6. The SMILES string of the molecule is C=C1CCC(c2ccc(N3CC(COC)OC3=O)cc2)CC1. The van der Waals surface area contributed by atoms with Crippen LogP contribution in [-0.2, 0) is 9.47 Å². The molecule has 1 aromatic rings. The van der Waals surface area contributed by atoms with Crippen LogP contribution in [0.25, 0.3) is 0 Å². The van der Waals surface area contributed by atoms with Crippen LogP contribution < -0.4 is 4.90 Å². The van der Waals surface area contributed by atoms with Crippen LogP contribution >= 0.6 is 0 Å². The van der Waals surface area contributed by atoms with Gasteiger partial charge in [0.25, 0.3) is 0 Å². The number of methoxy groups -OCH3 is 1. The van der Waals surface area contributed by atoms with E-state index < -0.39 is 0 Å². The lowest BCUT2D eigenvalue weighted by Gasteiger charge is -2.24. The highest BCUT2D eigenvalue weighted by Crippen LogP contribution is 2.35. The zero-order valence-electron chi connectivity index (χ0n) is 13.1. The minimum absolute atomic E-state index is 0.179. The van der Waals surface area contributed by atoms with Gasteiger partial charge in [-0.2, -0.15) is 0 Å². The molecule has 1 heterocycles. The van der Waals surface area contributed by atoms with Gasteiger partial charge in [-0.3, -0.25) is 4.90 Å². The van der Waals surface area contributed by atoms with E-state index in [1.165, 1.54) is 24.0 Å². The summed E-state index contributed by atoms with van der Waals surface area (Å²) in [6, 6.07) is 8.33. The second-order valence-corrected chi connectivity index (χ2v) is 6.19. The van der Waals surface area contributed by atoms with Crippen LogP contribution in [0.4, 0.5) is 10.5 Å². The summed E-state index contributed by atoms with van der Waals surface area (Å²) in [5.74, 6) is 0.617. The lowest BCUT2D eigenvalue weighted by Crippen LogP contribution is -2.25. The van der Waals surface area contributed by atoms with Gasteiger partial charge in [0.05, 0.1) is 13.2 Å². The van der Waals surface area contributed by atoms with Crippen molar-refractivity contribution in [2.24, 2.45) is 0 Å². The summed E-state index contributed by atoms with van der Waals surface area (Å²) in [4.78, 5) is 13.6. The Morgan fingerprint density at radius 3 is 2.59 bits per heavy atom. The number of benzene rings is 1. The first-order valence-corrected chi connectivity index (χ1v) is 7.91. The highest BCUT2D eigenvalue weighted by Gasteiger charge is 2.32. The first-order valence-electron chi connectivity index (χ1n) is 7.91. The minimum atomic E-state index is -0.288. The second kappa shape index (κ2) is 6.53. The van der Waals surface area contributed by atoms with Crippen molar-refractivity contribution < 1.29 is 14.3 Å². The number of cyclic esters (lactones) is 1. The molecule has 1 saturated carbocycles. The first-order chi connectivity index (χ1) is 10.7. The summed E-state index contributed by atoms with van der Waals surface area (Å²) < 4.78 is 10.3. The van der Waals surface area contributed by atoms with Crippen LogP contribution in [0.3, 0.4) is 0 Å². The van der Waals surface area contributed by atoms with Gasteiger partial charge in [0.2, 0.25) is 0 Å². The van der Waals surface area contributed by atoms with E-state index in [0.29, 0.717) is 19.1 Å². The Balaban J connectivity index is 1.66. The second-order valence-electron chi connectivity index (χ2n) is 6.19. The fraction of sp³-hybridized carbons (Fsp3) is 0.500. The van der Waals surface area contributed by atoms with Crippen molar-refractivity contribution in [3.8, 4) is 0 Å². The third-order valence-corrected chi connectivity index (χ3v) is 4.60. The normalized spacial score (nSPS) is 23.0. The van der Waals surface area contributed by atoms with E-state index in [0.717, 1.165) is 18.5 Å². The molecule has 1 aliphatic heterocycles. The van der Waals surface area contributed by atoms with E-state index in [1.807, 2.05) is 12.1 Å². The maximum atomic E-state index is 11.9. The fourth-order valence-corrected chi connectivity index (χ4v) is 3.29. The van der Waals surface area contributed by atoms with Crippen LogP contribution in [0.2, 0.25) is 0 Å². The molecule has 1 unspecified atom stereocenters. The number of nitrogens with zero attached hydrogens (tertiary/aromatic N) is 1. The quantitative estimate of drug-likeness (QED) is 0.792. The average molecular weight is 301 g/mol.